The molecule has 2 aromatic carbocycles. The van der Waals surface area contributed by atoms with E-state index < -0.39 is 16.1 Å². The Kier molecular flexibility index (Phi) is 6.59. The smallest absolute Gasteiger partial charge is 0.251 e. The summed E-state index contributed by atoms with van der Waals surface area (Å²) >= 11 is 0. The van der Waals surface area contributed by atoms with Gasteiger partial charge in [-0.15, -0.1) is 0 Å². The normalized spacial score (nSPS) is 20.7. The quantitative estimate of drug-likeness (QED) is 0.592. The number of rotatable bonds is 7. The van der Waals surface area contributed by atoms with Gasteiger partial charge in [0.05, 0.1) is 29.7 Å². The molecule has 0 spiro atoms. The van der Waals surface area contributed by atoms with Gasteiger partial charge < -0.3 is 4.74 Å². The van der Waals surface area contributed by atoms with Crippen molar-refractivity contribution in [1.82, 2.24) is 9.21 Å². The van der Waals surface area contributed by atoms with Gasteiger partial charge >= 0.3 is 0 Å². The van der Waals surface area contributed by atoms with Crippen LogP contribution in [0.2, 0.25) is 0 Å². The first-order valence-electron chi connectivity index (χ1n) is 10.8. The van der Waals surface area contributed by atoms with E-state index in [1.54, 1.807) is 54.6 Å². The summed E-state index contributed by atoms with van der Waals surface area (Å²) in [5.74, 6) is 0.181. The highest BCUT2D eigenvalue weighted by Crippen LogP contribution is 2.28. The number of carbonyl (C=O) groups is 2. The number of imide groups is 1. The third-order valence-corrected chi connectivity index (χ3v) is 7.70. The molecule has 32 heavy (non-hydrogen) atoms. The van der Waals surface area contributed by atoms with Crippen molar-refractivity contribution in [1.29, 1.82) is 0 Å². The van der Waals surface area contributed by atoms with E-state index in [0.29, 0.717) is 31.1 Å². The lowest BCUT2D eigenvalue weighted by Gasteiger charge is -2.36. The summed E-state index contributed by atoms with van der Waals surface area (Å²) in [6.07, 6.45) is 0.991. The molecule has 1 atom stereocenters. The number of nitrogens with zero attached hydrogens (tertiary/aromatic N) is 3. The molecule has 2 fully saturated rings. The molecule has 0 aromatic heterocycles. The van der Waals surface area contributed by atoms with E-state index in [0.717, 1.165) is 6.42 Å². The second-order valence-electron chi connectivity index (χ2n) is 7.88. The molecule has 0 bridgehead atoms. The lowest BCUT2D eigenvalue weighted by atomic mass is 10.2. The highest BCUT2D eigenvalue weighted by atomic mass is 32.2. The minimum atomic E-state index is -3.57. The summed E-state index contributed by atoms with van der Waals surface area (Å²) in [7, 11) is -3.57. The number of benzene rings is 2. The van der Waals surface area contributed by atoms with Crippen LogP contribution in [0.25, 0.3) is 0 Å². The van der Waals surface area contributed by atoms with Crippen LogP contribution in [0, 0.1) is 0 Å². The molecule has 2 aliphatic rings. The molecular weight excluding hydrogens is 430 g/mol. The number of hydrogen-bond donors (Lipinski definition) is 0. The van der Waals surface area contributed by atoms with Crippen LogP contribution in [-0.4, -0.2) is 68.3 Å². The van der Waals surface area contributed by atoms with E-state index >= 15 is 0 Å². The number of anilines is 1. The molecular formula is C23H27N3O5S. The molecule has 2 aliphatic heterocycles. The minimum Gasteiger partial charge on any atom is -0.494 e. The van der Waals surface area contributed by atoms with Crippen LogP contribution >= 0.6 is 0 Å². The second kappa shape index (κ2) is 9.40. The maximum absolute atomic E-state index is 13.1. The molecule has 2 amide bonds. The van der Waals surface area contributed by atoms with Gasteiger partial charge in [0.15, 0.2) is 0 Å². The van der Waals surface area contributed by atoms with E-state index in [1.165, 1.54) is 9.21 Å². The summed E-state index contributed by atoms with van der Waals surface area (Å²) in [4.78, 5) is 29.1. The fraction of sp³-hybridized carbons (Fsp3) is 0.391. The Morgan fingerprint density at radius 1 is 0.938 bits per heavy atom. The Morgan fingerprint density at radius 3 is 2.22 bits per heavy atom. The first-order valence-corrected chi connectivity index (χ1v) is 12.2. The van der Waals surface area contributed by atoms with Gasteiger partial charge in [-0.3, -0.25) is 14.5 Å². The summed E-state index contributed by atoms with van der Waals surface area (Å²) in [6, 6.07) is 14.7. The maximum atomic E-state index is 13.1. The fourth-order valence-electron chi connectivity index (χ4n) is 4.08. The lowest BCUT2D eigenvalue weighted by molar-refractivity contribution is -0.123. The molecule has 9 heteroatoms. The Labute approximate surface area is 188 Å². The van der Waals surface area contributed by atoms with Crippen LogP contribution in [-0.2, 0) is 19.6 Å². The summed E-state index contributed by atoms with van der Waals surface area (Å²) in [5, 5.41) is 0. The Morgan fingerprint density at radius 2 is 1.59 bits per heavy atom. The monoisotopic (exact) mass is 457 g/mol. The van der Waals surface area contributed by atoms with Crippen LogP contribution in [0.4, 0.5) is 5.69 Å². The fourth-order valence-corrected chi connectivity index (χ4v) is 5.52. The number of sulfonamides is 1. The van der Waals surface area contributed by atoms with Crippen LogP contribution < -0.4 is 9.64 Å². The zero-order valence-electron chi connectivity index (χ0n) is 18.0. The highest BCUT2D eigenvalue weighted by molar-refractivity contribution is 7.89. The molecule has 2 aromatic rings. The van der Waals surface area contributed by atoms with E-state index in [4.69, 9.17) is 4.74 Å². The molecule has 4 rings (SSSR count). The Bertz CT molecular complexity index is 1060. The van der Waals surface area contributed by atoms with E-state index in [2.05, 4.69) is 0 Å². The molecule has 8 nitrogen and oxygen atoms in total. The summed E-state index contributed by atoms with van der Waals surface area (Å²) in [5.41, 5.74) is 0.525. The van der Waals surface area contributed by atoms with Crippen molar-refractivity contribution in [2.75, 3.05) is 37.7 Å². The largest absolute Gasteiger partial charge is 0.494 e. The molecule has 170 valence electrons. The number of hydrogen-bond acceptors (Lipinski definition) is 6. The van der Waals surface area contributed by atoms with Crippen molar-refractivity contribution in [3.63, 3.8) is 0 Å². The predicted octanol–water partition coefficient (Wildman–Crippen LogP) is 2.11. The first kappa shape index (κ1) is 22.4. The number of piperazine rings is 1. The van der Waals surface area contributed by atoms with Gasteiger partial charge in [-0.2, -0.15) is 4.31 Å². The zero-order valence-corrected chi connectivity index (χ0v) is 18.8. The Balaban J connectivity index is 1.40. The molecule has 0 saturated carbocycles. The molecule has 0 unspecified atom stereocenters. The maximum Gasteiger partial charge on any atom is 0.251 e. The van der Waals surface area contributed by atoms with Gasteiger partial charge in [-0.05, 0) is 42.8 Å². The van der Waals surface area contributed by atoms with Crippen LogP contribution in [0.15, 0.2) is 59.5 Å². The van der Waals surface area contributed by atoms with Crippen molar-refractivity contribution in [2.24, 2.45) is 0 Å². The van der Waals surface area contributed by atoms with E-state index in [9.17, 15) is 18.0 Å². The van der Waals surface area contributed by atoms with Gasteiger partial charge in [-0.25, -0.2) is 13.3 Å². The summed E-state index contributed by atoms with van der Waals surface area (Å²) < 4.78 is 32.7. The van der Waals surface area contributed by atoms with Gasteiger partial charge in [0, 0.05) is 26.2 Å². The standard InChI is InChI=1S/C23H27N3O5S/c1-2-16-31-19-10-8-18(9-11-19)26-22(27)17-21(23(26)28)24-12-14-25(15-13-24)32(29,30)20-6-4-3-5-7-20/h3-11,21H,2,12-17H2,1H3/t21-/m1/s1. The molecule has 0 aliphatic carbocycles. The van der Waals surface area contributed by atoms with Crippen molar-refractivity contribution in [3.8, 4) is 5.75 Å². The number of amides is 2. The van der Waals surface area contributed by atoms with Crippen molar-refractivity contribution in [2.45, 2.75) is 30.7 Å². The third kappa shape index (κ3) is 4.41. The minimum absolute atomic E-state index is 0.0956. The van der Waals surface area contributed by atoms with Gasteiger partial charge in [0.25, 0.3) is 5.91 Å². The predicted molar refractivity (Wildman–Crippen MR) is 120 cm³/mol. The Hall–Kier alpha value is -2.75. The number of ether oxygens (including phenoxy) is 1. The first-order chi connectivity index (χ1) is 15.4. The van der Waals surface area contributed by atoms with E-state index in [1.807, 2.05) is 11.8 Å². The third-order valence-electron chi connectivity index (χ3n) is 5.79. The average molecular weight is 458 g/mol. The SMILES string of the molecule is CCCOc1ccc(N2C(=O)C[C@@H](N3CCN(S(=O)(=O)c4ccccc4)CC3)C2=O)cc1. The molecule has 2 saturated heterocycles. The van der Waals surface area contributed by atoms with Gasteiger partial charge in [0.2, 0.25) is 15.9 Å². The molecule has 0 N–H and O–H groups in total. The highest BCUT2D eigenvalue weighted by Gasteiger charge is 2.44. The molecule has 0 radical (unpaired) electrons. The van der Waals surface area contributed by atoms with Crippen molar-refractivity contribution in [3.05, 3.63) is 54.6 Å². The van der Waals surface area contributed by atoms with Gasteiger partial charge in [-0.1, -0.05) is 25.1 Å². The molecule has 2 heterocycles. The number of carbonyl (C=O) groups excluding carboxylic acids is 2. The second-order valence-corrected chi connectivity index (χ2v) is 9.82. The average Bonchev–Trinajstić information content (AvgIpc) is 3.12. The van der Waals surface area contributed by atoms with Crippen molar-refractivity contribution < 1.29 is 22.7 Å². The van der Waals surface area contributed by atoms with Crippen molar-refractivity contribution >= 4 is 27.5 Å². The van der Waals surface area contributed by atoms with Crippen LogP contribution in [0.5, 0.6) is 5.75 Å². The zero-order chi connectivity index (χ0) is 22.7. The van der Waals surface area contributed by atoms with Crippen LogP contribution in [0.1, 0.15) is 19.8 Å². The topological polar surface area (TPSA) is 87.2 Å². The summed E-state index contributed by atoms with van der Waals surface area (Å²) in [6.45, 7) is 3.97. The van der Waals surface area contributed by atoms with Crippen LogP contribution in [0.3, 0.4) is 0 Å². The van der Waals surface area contributed by atoms with E-state index in [-0.39, 0.29) is 36.2 Å². The lowest BCUT2D eigenvalue weighted by Crippen LogP contribution is -2.53. The van der Waals surface area contributed by atoms with Gasteiger partial charge in [0.1, 0.15) is 5.75 Å².